The molecule has 2 rings (SSSR count). The summed E-state index contributed by atoms with van der Waals surface area (Å²) < 4.78 is 5.93. The lowest BCUT2D eigenvalue weighted by Gasteiger charge is -2.21. The van der Waals surface area contributed by atoms with Crippen molar-refractivity contribution in [2.45, 2.75) is 25.6 Å². The van der Waals surface area contributed by atoms with Crippen molar-refractivity contribution < 1.29 is 9.22 Å². The van der Waals surface area contributed by atoms with Crippen LogP contribution in [0.5, 0.6) is 5.75 Å². The molecule has 0 saturated heterocycles. The Bertz CT molecular complexity index is 371. The first-order valence-electron chi connectivity index (χ1n) is 4.90. The van der Waals surface area contributed by atoms with Gasteiger partial charge in [-0.3, -0.25) is 4.79 Å². The molecule has 74 valence electrons. The van der Waals surface area contributed by atoms with E-state index in [0.29, 0.717) is 6.42 Å². The summed E-state index contributed by atoms with van der Waals surface area (Å²) in [6.07, 6.45) is 0.635. The van der Waals surface area contributed by atoms with E-state index in [1.165, 1.54) is 0 Å². The number of carbonyl (C=O) groups is 1. The SMILES string of the molecule is C[Si]1(C)CCC(=O)c2ccccc2O1. The Kier molecular flexibility index (Phi) is 2.19. The fourth-order valence-corrected chi connectivity index (χ4v) is 3.39. The second-order valence-corrected chi connectivity index (χ2v) is 8.50. The second kappa shape index (κ2) is 3.24. The number of benzene rings is 1. The van der Waals surface area contributed by atoms with E-state index in [9.17, 15) is 4.79 Å². The molecule has 1 aromatic carbocycles. The molecule has 0 unspecified atom stereocenters. The fraction of sp³-hybridized carbons (Fsp3) is 0.364. The maximum atomic E-state index is 11.7. The van der Waals surface area contributed by atoms with E-state index in [2.05, 4.69) is 13.1 Å². The Labute approximate surface area is 85.0 Å². The van der Waals surface area contributed by atoms with Crippen molar-refractivity contribution in [1.29, 1.82) is 0 Å². The lowest BCUT2D eigenvalue weighted by Crippen LogP contribution is -2.33. The van der Waals surface area contributed by atoms with Gasteiger partial charge in [0, 0.05) is 6.42 Å². The minimum absolute atomic E-state index is 0.221. The molecule has 0 radical (unpaired) electrons. The van der Waals surface area contributed by atoms with Crippen molar-refractivity contribution in [2.24, 2.45) is 0 Å². The Morgan fingerprint density at radius 3 is 2.79 bits per heavy atom. The molecule has 0 atom stereocenters. The summed E-state index contributed by atoms with van der Waals surface area (Å²) in [4.78, 5) is 11.7. The zero-order chi connectivity index (χ0) is 10.2. The molecule has 3 heteroatoms. The van der Waals surface area contributed by atoms with E-state index in [1.807, 2.05) is 24.3 Å². The predicted octanol–water partition coefficient (Wildman–Crippen LogP) is 2.86. The van der Waals surface area contributed by atoms with Gasteiger partial charge in [0.2, 0.25) is 8.32 Å². The van der Waals surface area contributed by atoms with Crippen LogP contribution in [0.4, 0.5) is 0 Å². The number of rotatable bonds is 0. The Morgan fingerprint density at radius 1 is 1.29 bits per heavy atom. The maximum absolute atomic E-state index is 11.7. The van der Waals surface area contributed by atoms with Gasteiger partial charge in [0.05, 0.1) is 5.56 Å². The van der Waals surface area contributed by atoms with Crippen LogP contribution in [-0.2, 0) is 0 Å². The van der Waals surface area contributed by atoms with Gasteiger partial charge in [0.1, 0.15) is 5.75 Å². The van der Waals surface area contributed by atoms with Gasteiger partial charge in [-0.15, -0.1) is 0 Å². The third-order valence-electron chi connectivity index (χ3n) is 2.53. The second-order valence-electron chi connectivity index (χ2n) is 4.28. The van der Waals surface area contributed by atoms with Gasteiger partial charge >= 0.3 is 0 Å². The zero-order valence-electron chi connectivity index (χ0n) is 8.54. The summed E-state index contributed by atoms with van der Waals surface area (Å²) in [6, 6.07) is 8.48. The zero-order valence-corrected chi connectivity index (χ0v) is 9.54. The van der Waals surface area contributed by atoms with Crippen LogP contribution in [-0.4, -0.2) is 14.1 Å². The first-order valence-corrected chi connectivity index (χ1v) is 8.01. The molecule has 0 aliphatic carbocycles. The van der Waals surface area contributed by atoms with E-state index in [0.717, 1.165) is 17.4 Å². The summed E-state index contributed by atoms with van der Waals surface area (Å²) >= 11 is 0. The Hall–Kier alpha value is -1.09. The van der Waals surface area contributed by atoms with Gasteiger partial charge < -0.3 is 4.43 Å². The minimum Gasteiger partial charge on any atom is -0.544 e. The Morgan fingerprint density at radius 2 is 2.00 bits per heavy atom. The molecule has 0 N–H and O–H groups in total. The highest BCUT2D eigenvalue weighted by Crippen LogP contribution is 2.29. The topological polar surface area (TPSA) is 26.3 Å². The number of para-hydroxylation sites is 1. The molecule has 0 bridgehead atoms. The number of hydrogen-bond acceptors (Lipinski definition) is 2. The summed E-state index contributed by atoms with van der Waals surface area (Å²) in [5, 5.41) is 0. The van der Waals surface area contributed by atoms with Gasteiger partial charge in [0.15, 0.2) is 5.78 Å². The predicted molar refractivity (Wildman–Crippen MR) is 58.3 cm³/mol. The van der Waals surface area contributed by atoms with Crippen LogP contribution in [0.3, 0.4) is 0 Å². The maximum Gasteiger partial charge on any atom is 0.245 e. The normalized spacial score (nSPS) is 19.4. The van der Waals surface area contributed by atoms with Crippen molar-refractivity contribution in [3.8, 4) is 5.75 Å². The minimum atomic E-state index is -1.65. The number of fused-ring (bicyclic) bond motifs is 1. The van der Waals surface area contributed by atoms with Crippen LogP contribution >= 0.6 is 0 Å². The van der Waals surface area contributed by atoms with Gasteiger partial charge in [-0.1, -0.05) is 12.1 Å². The van der Waals surface area contributed by atoms with Gasteiger partial charge in [-0.25, -0.2) is 0 Å². The average Bonchev–Trinajstić information content (AvgIpc) is 2.25. The monoisotopic (exact) mass is 206 g/mol. The number of Topliss-reactive ketones (excluding diaryl/α,β-unsaturated/α-hetero) is 1. The number of carbonyl (C=O) groups excluding carboxylic acids is 1. The largest absolute Gasteiger partial charge is 0.544 e. The van der Waals surface area contributed by atoms with E-state index in [-0.39, 0.29) is 5.78 Å². The smallest absolute Gasteiger partial charge is 0.245 e. The lowest BCUT2D eigenvalue weighted by atomic mass is 10.1. The number of ketones is 1. The molecule has 1 aromatic rings. The van der Waals surface area contributed by atoms with Crippen LogP contribution < -0.4 is 4.43 Å². The standard InChI is InChI=1S/C11H14O2Si/c1-14(2)8-7-10(12)9-5-3-4-6-11(9)13-14/h3-6H,7-8H2,1-2H3. The molecule has 0 fully saturated rings. The van der Waals surface area contributed by atoms with E-state index >= 15 is 0 Å². The van der Waals surface area contributed by atoms with Gasteiger partial charge in [-0.2, -0.15) is 0 Å². The van der Waals surface area contributed by atoms with Crippen LogP contribution in [0.2, 0.25) is 19.1 Å². The highest BCUT2D eigenvalue weighted by Gasteiger charge is 2.30. The molecular weight excluding hydrogens is 192 g/mol. The molecule has 1 heterocycles. The molecule has 1 aliphatic rings. The molecule has 0 spiro atoms. The third kappa shape index (κ3) is 1.73. The average molecular weight is 206 g/mol. The Balaban J connectivity index is 2.46. The molecule has 1 aliphatic heterocycles. The lowest BCUT2D eigenvalue weighted by molar-refractivity contribution is 0.0988. The summed E-state index contributed by atoms with van der Waals surface area (Å²) in [6.45, 7) is 4.31. The third-order valence-corrected chi connectivity index (χ3v) is 4.75. The van der Waals surface area contributed by atoms with Crippen molar-refractivity contribution >= 4 is 14.1 Å². The van der Waals surface area contributed by atoms with Crippen molar-refractivity contribution in [3.63, 3.8) is 0 Å². The van der Waals surface area contributed by atoms with E-state index in [1.54, 1.807) is 0 Å². The summed E-state index contributed by atoms with van der Waals surface area (Å²) in [5.74, 6) is 1.00. The summed E-state index contributed by atoms with van der Waals surface area (Å²) in [5.41, 5.74) is 0.755. The summed E-state index contributed by atoms with van der Waals surface area (Å²) in [7, 11) is -1.65. The molecular formula is C11H14O2Si. The first-order chi connectivity index (χ1) is 6.58. The molecule has 0 saturated carbocycles. The molecule has 0 aromatic heterocycles. The molecule has 14 heavy (non-hydrogen) atoms. The van der Waals surface area contributed by atoms with Crippen molar-refractivity contribution in [1.82, 2.24) is 0 Å². The van der Waals surface area contributed by atoms with Crippen LogP contribution in [0, 0.1) is 0 Å². The highest BCUT2D eigenvalue weighted by molar-refractivity contribution is 6.72. The fourth-order valence-electron chi connectivity index (χ4n) is 1.68. The van der Waals surface area contributed by atoms with Crippen molar-refractivity contribution in [2.75, 3.05) is 0 Å². The number of hydrogen-bond donors (Lipinski definition) is 0. The first kappa shape index (κ1) is 9.46. The van der Waals surface area contributed by atoms with Crippen molar-refractivity contribution in [3.05, 3.63) is 29.8 Å². The van der Waals surface area contributed by atoms with Crippen LogP contribution in [0.25, 0.3) is 0 Å². The highest BCUT2D eigenvalue weighted by atomic mass is 28.4. The molecule has 2 nitrogen and oxygen atoms in total. The van der Waals surface area contributed by atoms with Gasteiger partial charge in [0.25, 0.3) is 0 Å². The van der Waals surface area contributed by atoms with E-state index in [4.69, 9.17) is 4.43 Å². The molecule has 0 amide bonds. The van der Waals surface area contributed by atoms with Gasteiger partial charge in [-0.05, 0) is 31.3 Å². The van der Waals surface area contributed by atoms with E-state index < -0.39 is 8.32 Å². The van der Waals surface area contributed by atoms with Crippen LogP contribution in [0.15, 0.2) is 24.3 Å². The quantitative estimate of drug-likeness (QED) is 0.610. The van der Waals surface area contributed by atoms with Crippen LogP contribution in [0.1, 0.15) is 16.8 Å².